The zero-order valence-electron chi connectivity index (χ0n) is 17.7. The first-order valence-electron chi connectivity index (χ1n) is 9.49. The molecule has 0 aliphatic heterocycles. The fraction of sp³-hybridized carbons (Fsp3) is 0.381. The van der Waals surface area contributed by atoms with Crippen LogP contribution >= 0.6 is 0 Å². The van der Waals surface area contributed by atoms with Crippen molar-refractivity contribution >= 4 is 39.8 Å². The molecule has 0 spiro atoms. The number of hydrogen-bond donors (Lipinski definition) is 1. The van der Waals surface area contributed by atoms with Crippen LogP contribution in [0.25, 0.3) is 21.9 Å². The summed E-state index contributed by atoms with van der Waals surface area (Å²) in [6, 6.07) is 9.37. The van der Waals surface area contributed by atoms with Crippen LogP contribution in [-0.4, -0.2) is 71.5 Å². The highest BCUT2D eigenvalue weighted by Gasteiger charge is 2.27. The molecule has 0 bridgehead atoms. The lowest BCUT2D eigenvalue weighted by molar-refractivity contribution is -0.127. The van der Waals surface area contributed by atoms with E-state index in [2.05, 4.69) is 23.7 Å². The first-order chi connectivity index (χ1) is 13.6. The van der Waals surface area contributed by atoms with Gasteiger partial charge in [-0.25, -0.2) is 4.79 Å². The summed E-state index contributed by atoms with van der Waals surface area (Å²) in [4.78, 5) is 40.7. The van der Waals surface area contributed by atoms with E-state index in [1.165, 1.54) is 14.4 Å². The molecule has 0 saturated carbocycles. The number of nitrogens with zero attached hydrogens (tertiary/aromatic N) is 4. The van der Waals surface area contributed by atoms with E-state index in [0.29, 0.717) is 5.52 Å². The minimum atomic E-state index is -0.467. The Labute approximate surface area is 169 Å². The molecule has 2 aromatic heterocycles. The van der Waals surface area contributed by atoms with Gasteiger partial charge < -0.3 is 19.7 Å². The van der Waals surface area contributed by atoms with E-state index in [-0.39, 0.29) is 30.2 Å². The molecule has 29 heavy (non-hydrogen) atoms. The second-order valence-corrected chi connectivity index (χ2v) is 7.73. The van der Waals surface area contributed by atoms with E-state index in [9.17, 15) is 14.4 Å². The van der Waals surface area contributed by atoms with E-state index in [4.69, 9.17) is 0 Å². The number of nitrogens with one attached hydrogen (secondary N) is 1. The Morgan fingerprint density at radius 1 is 1.00 bits per heavy atom. The van der Waals surface area contributed by atoms with Gasteiger partial charge in [-0.3, -0.25) is 14.2 Å². The van der Waals surface area contributed by atoms with Crippen molar-refractivity contribution in [3.05, 3.63) is 36.0 Å². The maximum absolute atomic E-state index is 13.0. The van der Waals surface area contributed by atoms with E-state index in [1.807, 2.05) is 24.3 Å². The molecule has 8 nitrogen and oxygen atoms in total. The van der Waals surface area contributed by atoms with Crippen LogP contribution in [-0.2, 0) is 4.79 Å². The SMILES string of the molecule is CC(C)n1c2ccccc2c2c1cc(C(=O)NCC(=O)N(C)C)n2C(=O)N(C)C. The molecule has 0 aliphatic rings. The number of amides is 3. The molecule has 154 valence electrons. The molecule has 1 aromatic carbocycles. The molecule has 0 unspecified atom stereocenters. The van der Waals surface area contributed by atoms with Crippen molar-refractivity contribution in [2.45, 2.75) is 19.9 Å². The topological polar surface area (TPSA) is 79.6 Å². The van der Waals surface area contributed by atoms with Gasteiger partial charge in [0.25, 0.3) is 5.91 Å². The molecule has 0 atom stereocenters. The number of carbonyl (C=O) groups excluding carboxylic acids is 3. The highest BCUT2D eigenvalue weighted by atomic mass is 16.2. The Kier molecular flexibility index (Phi) is 5.37. The Balaban J connectivity index is 2.24. The first-order valence-corrected chi connectivity index (χ1v) is 9.49. The number of fused-ring (bicyclic) bond motifs is 3. The maximum atomic E-state index is 13.0. The second-order valence-electron chi connectivity index (χ2n) is 7.73. The predicted octanol–water partition coefficient (Wildman–Crippen LogP) is 2.52. The van der Waals surface area contributed by atoms with E-state index >= 15 is 0 Å². The normalized spacial score (nSPS) is 11.3. The largest absolute Gasteiger partial charge is 0.347 e. The fourth-order valence-electron chi connectivity index (χ4n) is 3.48. The van der Waals surface area contributed by atoms with Gasteiger partial charge in [0.1, 0.15) is 5.69 Å². The van der Waals surface area contributed by atoms with Gasteiger partial charge in [0, 0.05) is 39.6 Å². The van der Waals surface area contributed by atoms with Crippen LogP contribution < -0.4 is 5.32 Å². The van der Waals surface area contributed by atoms with Gasteiger partial charge in [-0.05, 0) is 26.0 Å². The number of para-hydroxylation sites is 1. The van der Waals surface area contributed by atoms with Gasteiger partial charge in [0.15, 0.2) is 0 Å². The lowest BCUT2D eigenvalue weighted by Crippen LogP contribution is -2.38. The number of aromatic nitrogens is 2. The lowest BCUT2D eigenvalue weighted by Gasteiger charge is -2.15. The number of hydrogen-bond acceptors (Lipinski definition) is 3. The number of rotatable bonds is 4. The van der Waals surface area contributed by atoms with Gasteiger partial charge in [0.05, 0.1) is 23.1 Å². The van der Waals surface area contributed by atoms with Gasteiger partial charge in [0.2, 0.25) is 5.91 Å². The van der Waals surface area contributed by atoms with Gasteiger partial charge in [-0.1, -0.05) is 18.2 Å². The summed E-state index contributed by atoms with van der Waals surface area (Å²) < 4.78 is 3.55. The van der Waals surface area contributed by atoms with Crippen LogP contribution in [0.3, 0.4) is 0 Å². The molecule has 0 saturated heterocycles. The van der Waals surface area contributed by atoms with Crippen LogP contribution in [0, 0.1) is 0 Å². The Bertz CT molecular complexity index is 1100. The lowest BCUT2D eigenvalue weighted by atomic mass is 10.2. The third-order valence-corrected chi connectivity index (χ3v) is 4.88. The minimum absolute atomic E-state index is 0.133. The smallest absolute Gasteiger partial charge is 0.328 e. The monoisotopic (exact) mass is 397 g/mol. The van der Waals surface area contributed by atoms with Gasteiger partial charge in [-0.15, -0.1) is 0 Å². The Morgan fingerprint density at radius 2 is 1.66 bits per heavy atom. The summed E-state index contributed by atoms with van der Waals surface area (Å²) in [5, 5.41) is 3.53. The quantitative estimate of drug-likeness (QED) is 0.735. The molecule has 8 heteroatoms. The minimum Gasteiger partial charge on any atom is -0.347 e. The van der Waals surface area contributed by atoms with Crippen molar-refractivity contribution in [1.29, 1.82) is 0 Å². The van der Waals surface area contributed by atoms with Crippen LogP contribution in [0.2, 0.25) is 0 Å². The van der Waals surface area contributed by atoms with Crippen LogP contribution in [0.4, 0.5) is 4.79 Å². The van der Waals surface area contributed by atoms with Crippen LogP contribution in [0.5, 0.6) is 0 Å². The summed E-state index contributed by atoms with van der Waals surface area (Å²) in [5.74, 6) is -0.692. The third kappa shape index (κ3) is 3.46. The van der Waals surface area contributed by atoms with Crippen LogP contribution in [0.15, 0.2) is 30.3 Å². The van der Waals surface area contributed by atoms with Crippen molar-refractivity contribution < 1.29 is 14.4 Å². The van der Waals surface area contributed by atoms with E-state index in [1.54, 1.807) is 34.3 Å². The van der Waals surface area contributed by atoms with Crippen molar-refractivity contribution in [2.24, 2.45) is 0 Å². The van der Waals surface area contributed by atoms with Crippen molar-refractivity contribution in [1.82, 2.24) is 24.3 Å². The van der Waals surface area contributed by atoms with E-state index < -0.39 is 5.91 Å². The van der Waals surface area contributed by atoms with E-state index in [0.717, 1.165) is 16.4 Å². The molecule has 3 rings (SSSR count). The fourth-order valence-corrected chi connectivity index (χ4v) is 3.48. The zero-order valence-corrected chi connectivity index (χ0v) is 17.7. The second kappa shape index (κ2) is 7.62. The summed E-state index contributed by atoms with van der Waals surface area (Å²) in [6.07, 6.45) is 0. The highest BCUT2D eigenvalue weighted by molar-refractivity contribution is 6.14. The average Bonchev–Trinajstić information content (AvgIpc) is 3.19. The van der Waals surface area contributed by atoms with Crippen molar-refractivity contribution in [2.75, 3.05) is 34.7 Å². The molecule has 0 fully saturated rings. The Hall–Kier alpha value is -3.29. The summed E-state index contributed by atoms with van der Waals surface area (Å²) >= 11 is 0. The molecule has 3 amide bonds. The first kappa shape index (κ1) is 20.4. The zero-order chi connectivity index (χ0) is 21.5. The van der Waals surface area contributed by atoms with Crippen molar-refractivity contribution in [3.8, 4) is 0 Å². The predicted molar refractivity (Wildman–Crippen MR) is 113 cm³/mol. The molecule has 0 radical (unpaired) electrons. The van der Waals surface area contributed by atoms with Gasteiger partial charge in [-0.2, -0.15) is 0 Å². The number of benzene rings is 1. The third-order valence-electron chi connectivity index (χ3n) is 4.88. The Morgan fingerprint density at radius 3 is 2.24 bits per heavy atom. The molecule has 1 N–H and O–H groups in total. The highest BCUT2D eigenvalue weighted by Crippen LogP contribution is 2.34. The van der Waals surface area contributed by atoms with Crippen LogP contribution in [0.1, 0.15) is 30.4 Å². The van der Waals surface area contributed by atoms with Gasteiger partial charge >= 0.3 is 6.03 Å². The summed E-state index contributed by atoms with van der Waals surface area (Å²) in [6.45, 7) is 3.99. The molecular weight excluding hydrogens is 370 g/mol. The number of likely N-dealkylation sites (N-methyl/N-ethyl adjacent to an activating group) is 1. The molecule has 0 aliphatic carbocycles. The summed E-state index contributed by atoms with van der Waals surface area (Å²) in [5.41, 5.74) is 2.71. The molecule has 3 aromatic rings. The maximum Gasteiger partial charge on any atom is 0.328 e. The molecular formula is C21H27N5O3. The molecule has 2 heterocycles. The standard InChI is InChI=1S/C21H27N5O3/c1-13(2)25-15-10-8-7-9-14(15)19-16(25)11-17(26(19)21(29)24(5)6)20(28)22-12-18(27)23(3)4/h7-11,13H,12H2,1-6H3,(H,22,28). The van der Waals surface area contributed by atoms with Crippen molar-refractivity contribution in [3.63, 3.8) is 0 Å². The number of carbonyl (C=O) groups is 3. The summed E-state index contributed by atoms with van der Waals surface area (Å²) in [7, 11) is 6.54. The average molecular weight is 397 g/mol.